The van der Waals surface area contributed by atoms with E-state index in [1.165, 1.54) is 5.56 Å². The first kappa shape index (κ1) is 21.3. The molecular formula is C26H23ClN2OS. The number of carbonyl (C=O) groups excluding carboxylic acids is 1. The molecule has 3 aromatic carbocycles. The highest BCUT2D eigenvalue weighted by atomic mass is 35.5. The maximum absolute atomic E-state index is 12.7. The van der Waals surface area contributed by atoms with E-state index in [2.05, 4.69) is 26.1 Å². The summed E-state index contributed by atoms with van der Waals surface area (Å²) in [7, 11) is 0. The second-order valence-electron chi connectivity index (χ2n) is 8.41. The Kier molecular flexibility index (Phi) is 5.94. The van der Waals surface area contributed by atoms with Crippen molar-refractivity contribution in [3.8, 4) is 21.8 Å². The summed E-state index contributed by atoms with van der Waals surface area (Å²) in [5, 5.41) is 6.65. The largest absolute Gasteiger partial charge is 0.322 e. The minimum absolute atomic E-state index is 0.0573. The number of thiazole rings is 1. The quantitative estimate of drug-likeness (QED) is 0.349. The third-order valence-corrected chi connectivity index (χ3v) is 6.17. The monoisotopic (exact) mass is 446 g/mol. The van der Waals surface area contributed by atoms with E-state index in [1.807, 2.05) is 78.2 Å². The van der Waals surface area contributed by atoms with Gasteiger partial charge in [0.15, 0.2) is 0 Å². The van der Waals surface area contributed by atoms with Crippen LogP contribution in [0.5, 0.6) is 0 Å². The molecule has 31 heavy (non-hydrogen) atoms. The van der Waals surface area contributed by atoms with Crippen LogP contribution in [-0.2, 0) is 5.41 Å². The van der Waals surface area contributed by atoms with Gasteiger partial charge in [-0.1, -0.05) is 68.8 Å². The second kappa shape index (κ2) is 8.66. The third-order valence-electron chi connectivity index (χ3n) is 5.02. The van der Waals surface area contributed by atoms with Crippen molar-refractivity contribution in [2.75, 3.05) is 5.32 Å². The Morgan fingerprint density at radius 3 is 2.32 bits per heavy atom. The number of hydrogen-bond acceptors (Lipinski definition) is 3. The van der Waals surface area contributed by atoms with Crippen molar-refractivity contribution in [2.24, 2.45) is 0 Å². The van der Waals surface area contributed by atoms with E-state index < -0.39 is 0 Å². The number of nitrogens with zero attached hydrogens (tertiary/aromatic N) is 1. The Morgan fingerprint density at radius 2 is 1.65 bits per heavy atom. The van der Waals surface area contributed by atoms with E-state index in [9.17, 15) is 4.79 Å². The average molecular weight is 447 g/mol. The van der Waals surface area contributed by atoms with Crippen LogP contribution in [0.4, 0.5) is 5.69 Å². The number of benzene rings is 3. The highest BCUT2D eigenvalue weighted by Gasteiger charge is 2.15. The van der Waals surface area contributed by atoms with E-state index in [4.69, 9.17) is 16.6 Å². The zero-order chi connectivity index (χ0) is 22.0. The van der Waals surface area contributed by atoms with Gasteiger partial charge in [0.05, 0.1) is 5.69 Å². The third kappa shape index (κ3) is 5.04. The molecule has 0 bridgehead atoms. The number of hydrogen-bond donors (Lipinski definition) is 1. The van der Waals surface area contributed by atoms with Crippen LogP contribution in [0.3, 0.4) is 0 Å². The molecule has 0 saturated carbocycles. The molecule has 1 amide bonds. The van der Waals surface area contributed by atoms with Crippen molar-refractivity contribution in [2.45, 2.75) is 26.2 Å². The van der Waals surface area contributed by atoms with Gasteiger partial charge in [-0.3, -0.25) is 4.79 Å². The first-order chi connectivity index (χ1) is 14.8. The summed E-state index contributed by atoms with van der Waals surface area (Å²) >= 11 is 7.56. The number of rotatable bonds is 4. The van der Waals surface area contributed by atoms with Crippen molar-refractivity contribution < 1.29 is 4.79 Å². The van der Waals surface area contributed by atoms with E-state index in [-0.39, 0.29) is 11.3 Å². The van der Waals surface area contributed by atoms with Gasteiger partial charge in [-0.15, -0.1) is 11.3 Å². The predicted octanol–water partition coefficient (Wildman–Crippen LogP) is 7.68. The molecule has 156 valence electrons. The summed E-state index contributed by atoms with van der Waals surface area (Å²) in [6, 6.07) is 23.2. The van der Waals surface area contributed by atoms with Gasteiger partial charge in [0.1, 0.15) is 5.01 Å². The topological polar surface area (TPSA) is 42.0 Å². The minimum Gasteiger partial charge on any atom is -0.322 e. The van der Waals surface area contributed by atoms with Crippen LogP contribution in [0.1, 0.15) is 36.7 Å². The maximum Gasteiger partial charge on any atom is 0.255 e. The smallest absolute Gasteiger partial charge is 0.255 e. The lowest BCUT2D eigenvalue weighted by Gasteiger charge is -2.19. The molecule has 0 aliphatic heterocycles. The highest BCUT2D eigenvalue weighted by Crippen LogP contribution is 2.30. The molecule has 0 saturated heterocycles. The summed E-state index contributed by atoms with van der Waals surface area (Å²) in [4.78, 5) is 17.5. The van der Waals surface area contributed by atoms with E-state index >= 15 is 0 Å². The van der Waals surface area contributed by atoms with Gasteiger partial charge >= 0.3 is 0 Å². The van der Waals surface area contributed by atoms with Crippen molar-refractivity contribution in [1.82, 2.24) is 4.98 Å². The number of halogens is 1. The summed E-state index contributed by atoms with van der Waals surface area (Å²) in [6.07, 6.45) is 0. The Bertz CT molecular complexity index is 1210. The molecule has 0 aliphatic rings. The zero-order valence-electron chi connectivity index (χ0n) is 17.6. The Balaban J connectivity index is 1.51. The van der Waals surface area contributed by atoms with E-state index in [0.29, 0.717) is 10.6 Å². The van der Waals surface area contributed by atoms with Crippen LogP contribution in [0.15, 0.2) is 78.2 Å². The fourth-order valence-electron chi connectivity index (χ4n) is 3.21. The number of aromatic nitrogens is 1. The highest BCUT2D eigenvalue weighted by molar-refractivity contribution is 7.13. The van der Waals surface area contributed by atoms with Gasteiger partial charge in [0, 0.05) is 32.8 Å². The molecule has 0 atom stereocenters. The van der Waals surface area contributed by atoms with E-state index in [1.54, 1.807) is 11.3 Å². The molecule has 0 unspecified atom stereocenters. The van der Waals surface area contributed by atoms with Crippen molar-refractivity contribution in [1.29, 1.82) is 0 Å². The molecule has 5 heteroatoms. The lowest BCUT2D eigenvalue weighted by molar-refractivity contribution is 0.102. The molecule has 0 radical (unpaired) electrons. The van der Waals surface area contributed by atoms with Crippen molar-refractivity contribution in [3.63, 3.8) is 0 Å². The second-order valence-corrected chi connectivity index (χ2v) is 9.70. The number of amides is 1. The Hall–Kier alpha value is -2.95. The lowest BCUT2D eigenvalue weighted by Crippen LogP contribution is -2.14. The van der Waals surface area contributed by atoms with Gasteiger partial charge in [-0.25, -0.2) is 4.98 Å². The molecule has 1 heterocycles. The molecule has 3 nitrogen and oxygen atoms in total. The van der Waals surface area contributed by atoms with Gasteiger partial charge < -0.3 is 5.32 Å². The molecular weight excluding hydrogens is 424 g/mol. The standard InChI is InChI=1S/C26H23ClN2OS/c1-26(2,3)20-11-7-17(8-12-20)24(30)28-22-6-4-5-19(15-22)23-16-31-25(29-23)18-9-13-21(27)14-10-18/h4-16H,1-3H3,(H,28,30). The van der Waals surface area contributed by atoms with Gasteiger partial charge in [-0.05, 0) is 47.4 Å². The van der Waals surface area contributed by atoms with Gasteiger partial charge in [0.25, 0.3) is 5.91 Å². The summed E-state index contributed by atoms with van der Waals surface area (Å²) in [5.41, 5.74) is 5.50. The molecule has 0 spiro atoms. The molecule has 0 aliphatic carbocycles. The molecule has 4 aromatic rings. The average Bonchev–Trinajstić information content (AvgIpc) is 3.24. The normalized spacial score (nSPS) is 11.4. The first-order valence-corrected chi connectivity index (χ1v) is 11.3. The minimum atomic E-state index is -0.127. The molecule has 4 rings (SSSR count). The van der Waals surface area contributed by atoms with Crippen LogP contribution >= 0.6 is 22.9 Å². The molecule has 1 N–H and O–H groups in total. The number of nitrogens with one attached hydrogen (secondary N) is 1. The fourth-order valence-corrected chi connectivity index (χ4v) is 4.17. The Morgan fingerprint density at radius 1 is 0.935 bits per heavy atom. The van der Waals surface area contributed by atoms with E-state index in [0.717, 1.165) is 27.5 Å². The van der Waals surface area contributed by atoms with Crippen LogP contribution in [0.25, 0.3) is 21.8 Å². The molecule has 1 aromatic heterocycles. The summed E-state index contributed by atoms with van der Waals surface area (Å²) < 4.78 is 0. The van der Waals surface area contributed by atoms with Crippen LogP contribution in [0, 0.1) is 0 Å². The van der Waals surface area contributed by atoms with Crippen molar-refractivity contribution in [3.05, 3.63) is 94.3 Å². The maximum atomic E-state index is 12.7. The van der Waals surface area contributed by atoms with Gasteiger partial charge in [-0.2, -0.15) is 0 Å². The number of carbonyl (C=O) groups is 1. The van der Waals surface area contributed by atoms with Crippen LogP contribution < -0.4 is 5.32 Å². The Labute approximate surface area is 191 Å². The summed E-state index contributed by atoms with van der Waals surface area (Å²) in [5.74, 6) is -0.127. The SMILES string of the molecule is CC(C)(C)c1ccc(C(=O)Nc2cccc(-c3csc(-c4ccc(Cl)cc4)n3)c2)cc1. The zero-order valence-corrected chi connectivity index (χ0v) is 19.2. The first-order valence-electron chi connectivity index (χ1n) is 10.0. The number of anilines is 1. The predicted molar refractivity (Wildman–Crippen MR) is 131 cm³/mol. The van der Waals surface area contributed by atoms with Gasteiger partial charge in [0.2, 0.25) is 0 Å². The van der Waals surface area contributed by atoms with Crippen LogP contribution in [-0.4, -0.2) is 10.9 Å². The van der Waals surface area contributed by atoms with Crippen LogP contribution in [0.2, 0.25) is 5.02 Å². The fraction of sp³-hybridized carbons (Fsp3) is 0.154. The molecule has 0 fully saturated rings. The lowest BCUT2D eigenvalue weighted by atomic mass is 9.87. The summed E-state index contributed by atoms with van der Waals surface area (Å²) in [6.45, 7) is 6.47. The van der Waals surface area contributed by atoms with Crippen molar-refractivity contribution >= 4 is 34.5 Å².